The highest BCUT2D eigenvalue weighted by Gasteiger charge is 2.20. The second-order valence-electron chi connectivity index (χ2n) is 4.41. The number of carbonyl (C=O) groups excluding carboxylic acids is 1. The zero-order valence-corrected chi connectivity index (χ0v) is 11.1. The Kier molecular flexibility index (Phi) is 4.29. The van der Waals surface area contributed by atoms with Crippen molar-refractivity contribution in [1.82, 2.24) is 5.32 Å². The normalized spacial score (nSPS) is 14.9. The molecule has 0 fully saturated rings. The van der Waals surface area contributed by atoms with Crippen LogP contribution in [0.15, 0.2) is 23.4 Å². The zero-order valence-electron chi connectivity index (χ0n) is 11.1. The monoisotopic (exact) mass is 279 g/mol. The van der Waals surface area contributed by atoms with Gasteiger partial charge in [-0.15, -0.1) is 0 Å². The minimum Gasteiger partial charge on any atom is -0.454 e. The lowest BCUT2D eigenvalue weighted by atomic mass is 10.1. The first kappa shape index (κ1) is 14.0. The molecule has 1 amide bonds. The number of carbonyl (C=O) groups is 1. The Morgan fingerprint density at radius 1 is 1.50 bits per heavy atom. The van der Waals surface area contributed by atoms with Crippen molar-refractivity contribution in [3.05, 3.63) is 23.8 Å². The van der Waals surface area contributed by atoms with Gasteiger partial charge in [-0.05, 0) is 24.6 Å². The summed E-state index contributed by atoms with van der Waals surface area (Å²) < 4.78 is 10.4. The van der Waals surface area contributed by atoms with E-state index in [1.54, 1.807) is 18.2 Å². The van der Waals surface area contributed by atoms with E-state index in [1.807, 2.05) is 6.92 Å². The van der Waals surface area contributed by atoms with Crippen LogP contribution >= 0.6 is 0 Å². The Labute approximate surface area is 116 Å². The Bertz CT molecular complexity index is 530. The SMILES string of the molecule is CCCC(NC(=O)c1ccc2c(c1)OCO2)/C(N)=N/O. The van der Waals surface area contributed by atoms with Gasteiger partial charge in [0.15, 0.2) is 17.3 Å². The van der Waals surface area contributed by atoms with Gasteiger partial charge in [0.25, 0.3) is 5.91 Å². The number of nitrogens with two attached hydrogens (primary N) is 1. The first-order valence-corrected chi connectivity index (χ1v) is 6.33. The van der Waals surface area contributed by atoms with Gasteiger partial charge in [-0.25, -0.2) is 0 Å². The van der Waals surface area contributed by atoms with Gasteiger partial charge in [0, 0.05) is 5.56 Å². The Morgan fingerprint density at radius 3 is 2.95 bits per heavy atom. The number of benzene rings is 1. The van der Waals surface area contributed by atoms with Gasteiger partial charge in [0.05, 0.1) is 6.04 Å². The molecule has 1 heterocycles. The second kappa shape index (κ2) is 6.14. The summed E-state index contributed by atoms with van der Waals surface area (Å²) in [4.78, 5) is 12.2. The van der Waals surface area contributed by atoms with Crippen molar-refractivity contribution >= 4 is 11.7 Å². The molecule has 1 unspecified atom stereocenters. The van der Waals surface area contributed by atoms with Gasteiger partial charge in [0.2, 0.25) is 6.79 Å². The van der Waals surface area contributed by atoms with Crippen molar-refractivity contribution in [2.24, 2.45) is 10.9 Å². The Morgan fingerprint density at radius 2 is 2.25 bits per heavy atom. The molecule has 7 nitrogen and oxygen atoms in total. The van der Waals surface area contributed by atoms with Crippen LogP contribution in [0, 0.1) is 0 Å². The standard InChI is InChI=1S/C13H17N3O4/c1-2-3-9(12(14)16-18)15-13(17)8-4-5-10-11(6-8)20-7-19-10/h4-6,9,18H,2-3,7H2,1H3,(H2,14,16)(H,15,17). The number of amides is 1. The second-order valence-corrected chi connectivity index (χ2v) is 4.41. The molecule has 7 heteroatoms. The summed E-state index contributed by atoms with van der Waals surface area (Å²) in [5.41, 5.74) is 5.99. The minimum atomic E-state index is -0.497. The number of hydrogen-bond acceptors (Lipinski definition) is 5. The number of fused-ring (bicyclic) bond motifs is 1. The highest BCUT2D eigenvalue weighted by atomic mass is 16.7. The quantitative estimate of drug-likeness (QED) is 0.323. The number of nitrogens with one attached hydrogen (secondary N) is 1. The predicted molar refractivity (Wildman–Crippen MR) is 72.1 cm³/mol. The van der Waals surface area contributed by atoms with Crippen LogP contribution in [0.4, 0.5) is 0 Å². The van der Waals surface area contributed by atoms with E-state index in [1.165, 1.54) is 0 Å². The fourth-order valence-electron chi connectivity index (χ4n) is 1.93. The lowest BCUT2D eigenvalue weighted by molar-refractivity contribution is 0.0944. The molecule has 4 N–H and O–H groups in total. The third-order valence-electron chi connectivity index (χ3n) is 2.99. The van der Waals surface area contributed by atoms with Crippen LogP contribution in [0.2, 0.25) is 0 Å². The maximum absolute atomic E-state index is 12.2. The number of nitrogens with zero attached hydrogens (tertiary/aromatic N) is 1. The van der Waals surface area contributed by atoms with Gasteiger partial charge in [-0.2, -0.15) is 0 Å². The third-order valence-corrected chi connectivity index (χ3v) is 2.99. The summed E-state index contributed by atoms with van der Waals surface area (Å²) >= 11 is 0. The topological polar surface area (TPSA) is 106 Å². The first-order chi connectivity index (χ1) is 9.65. The smallest absolute Gasteiger partial charge is 0.252 e. The molecule has 1 aliphatic heterocycles. The van der Waals surface area contributed by atoms with E-state index in [-0.39, 0.29) is 18.5 Å². The van der Waals surface area contributed by atoms with E-state index >= 15 is 0 Å². The molecule has 0 aliphatic carbocycles. The molecule has 1 aromatic carbocycles. The molecule has 0 spiro atoms. The van der Waals surface area contributed by atoms with Crippen molar-refractivity contribution in [2.75, 3.05) is 6.79 Å². The Hall–Kier alpha value is -2.44. The van der Waals surface area contributed by atoms with Crippen molar-refractivity contribution in [2.45, 2.75) is 25.8 Å². The van der Waals surface area contributed by atoms with Crippen molar-refractivity contribution in [3.63, 3.8) is 0 Å². The number of hydrogen-bond donors (Lipinski definition) is 3. The van der Waals surface area contributed by atoms with Crippen LogP contribution in [0.25, 0.3) is 0 Å². The summed E-state index contributed by atoms with van der Waals surface area (Å²) in [6.45, 7) is 2.10. The number of ether oxygens (including phenoxy) is 2. The van der Waals surface area contributed by atoms with E-state index in [2.05, 4.69) is 10.5 Å². The number of amidine groups is 1. The van der Waals surface area contributed by atoms with Crippen LogP contribution in [-0.2, 0) is 0 Å². The summed E-state index contributed by atoms with van der Waals surface area (Å²) in [6, 6.07) is 4.42. The van der Waals surface area contributed by atoms with Crippen molar-refractivity contribution in [1.29, 1.82) is 0 Å². The highest BCUT2D eigenvalue weighted by molar-refractivity contribution is 5.98. The van der Waals surface area contributed by atoms with E-state index in [0.717, 1.165) is 6.42 Å². The largest absolute Gasteiger partial charge is 0.454 e. The molecule has 108 valence electrons. The molecular weight excluding hydrogens is 262 g/mol. The first-order valence-electron chi connectivity index (χ1n) is 6.33. The average Bonchev–Trinajstić information content (AvgIpc) is 2.93. The van der Waals surface area contributed by atoms with Gasteiger partial charge in [-0.3, -0.25) is 4.79 Å². The molecule has 0 saturated heterocycles. The van der Waals surface area contributed by atoms with E-state index < -0.39 is 6.04 Å². The van der Waals surface area contributed by atoms with Crippen LogP contribution in [0.5, 0.6) is 11.5 Å². The molecule has 1 aliphatic rings. The summed E-state index contributed by atoms with van der Waals surface area (Å²) in [5.74, 6) is 0.825. The molecule has 0 saturated carbocycles. The summed E-state index contributed by atoms with van der Waals surface area (Å²) in [6.07, 6.45) is 1.38. The third kappa shape index (κ3) is 2.93. The fourth-order valence-corrected chi connectivity index (χ4v) is 1.93. The Balaban J connectivity index is 2.10. The lowest BCUT2D eigenvalue weighted by Gasteiger charge is -2.16. The maximum atomic E-state index is 12.2. The number of rotatable bonds is 5. The molecule has 2 rings (SSSR count). The highest BCUT2D eigenvalue weighted by Crippen LogP contribution is 2.32. The predicted octanol–water partition coefficient (Wildman–Crippen LogP) is 1.06. The molecule has 1 atom stereocenters. The van der Waals surface area contributed by atoms with Gasteiger partial charge in [-0.1, -0.05) is 18.5 Å². The molecule has 0 aromatic heterocycles. The van der Waals surface area contributed by atoms with Crippen molar-refractivity contribution < 1.29 is 19.5 Å². The van der Waals surface area contributed by atoms with Crippen LogP contribution in [0.3, 0.4) is 0 Å². The van der Waals surface area contributed by atoms with Gasteiger partial charge < -0.3 is 25.7 Å². The maximum Gasteiger partial charge on any atom is 0.252 e. The van der Waals surface area contributed by atoms with E-state index in [9.17, 15) is 4.79 Å². The summed E-state index contributed by atoms with van der Waals surface area (Å²) in [5, 5.41) is 14.4. The molecule has 0 bridgehead atoms. The zero-order chi connectivity index (χ0) is 14.5. The minimum absolute atomic E-state index is 0.0130. The molecule has 0 radical (unpaired) electrons. The van der Waals surface area contributed by atoms with Crippen LogP contribution in [-0.4, -0.2) is 29.8 Å². The van der Waals surface area contributed by atoms with E-state index in [0.29, 0.717) is 23.5 Å². The van der Waals surface area contributed by atoms with E-state index in [4.69, 9.17) is 20.4 Å². The van der Waals surface area contributed by atoms with Crippen LogP contribution in [0.1, 0.15) is 30.1 Å². The molecular formula is C13H17N3O4. The molecule has 1 aromatic rings. The fraction of sp³-hybridized carbons (Fsp3) is 0.385. The number of oxime groups is 1. The molecule has 20 heavy (non-hydrogen) atoms. The van der Waals surface area contributed by atoms with Crippen molar-refractivity contribution in [3.8, 4) is 11.5 Å². The van der Waals surface area contributed by atoms with Crippen LogP contribution < -0.4 is 20.5 Å². The average molecular weight is 279 g/mol. The van der Waals surface area contributed by atoms with Gasteiger partial charge >= 0.3 is 0 Å². The lowest BCUT2D eigenvalue weighted by Crippen LogP contribution is -2.44. The van der Waals surface area contributed by atoms with Gasteiger partial charge in [0.1, 0.15) is 0 Å². The summed E-state index contributed by atoms with van der Waals surface area (Å²) in [7, 11) is 0.